The van der Waals surface area contributed by atoms with Gasteiger partial charge in [0.1, 0.15) is 5.75 Å². The topological polar surface area (TPSA) is 26.3 Å². The number of carbonyl (C=O) groups excluding carboxylic acids is 1. The molecule has 0 atom stereocenters. The van der Waals surface area contributed by atoms with E-state index in [2.05, 4.69) is 13.8 Å². The van der Waals surface area contributed by atoms with E-state index in [1.807, 2.05) is 0 Å². The standard InChI is InChI=1S/C8H7IO2.C3H8/c1-6(10)7-2-4-8(11-9)5-3-7;1-3-2/h2-5H,1H3;3H2,1-2H3. The van der Waals surface area contributed by atoms with Gasteiger partial charge >= 0.3 is 0 Å². The largest absolute Gasteiger partial charge is 0.428 e. The third-order valence-corrected chi connectivity index (χ3v) is 1.86. The van der Waals surface area contributed by atoms with Crippen LogP contribution in [0.3, 0.4) is 0 Å². The lowest BCUT2D eigenvalue weighted by molar-refractivity contribution is 0.101. The highest BCUT2D eigenvalue weighted by Crippen LogP contribution is 2.14. The molecule has 0 aliphatic carbocycles. The minimum absolute atomic E-state index is 0.0741. The molecule has 0 radical (unpaired) electrons. The van der Waals surface area contributed by atoms with E-state index in [-0.39, 0.29) is 5.78 Å². The summed E-state index contributed by atoms with van der Waals surface area (Å²) in [6, 6.07) is 7.03. The number of Topliss-reactive ketones (excluding diaryl/α,β-unsaturated/α-hetero) is 1. The second-order valence-corrected chi connectivity index (χ2v) is 3.31. The van der Waals surface area contributed by atoms with Gasteiger partial charge < -0.3 is 3.07 Å². The highest BCUT2D eigenvalue weighted by atomic mass is 127. The molecule has 0 aliphatic heterocycles. The van der Waals surface area contributed by atoms with Crippen molar-refractivity contribution in [3.63, 3.8) is 0 Å². The van der Waals surface area contributed by atoms with Crippen molar-refractivity contribution in [2.75, 3.05) is 0 Å². The van der Waals surface area contributed by atoms with Gasteiger partial charge in [-0.15, -0.1) is 0 Å². The van der Waals surface area contributed by atoms with Crippen LogP contribution in [0.4, 0.5) is 0 Å². The summed E-state index contributed by atoms with van der Waals surface area (Å²) >= 11 is 1.80. The highest BCUT2D eigenvalue weighted by molar-refractivity contribution is 14.1. The second-order valence-electron chi connectivity index (χ2n) is 2.86. The maximum absolute atomic E-state index is 10.8. The molecule has 1 aromatic rings. The number of hydrogen-bond donors (Lipinski definition) is 0. The van der Waals surface area contributed by atoms with Crippen molar-refractivity contribution in [3.8, 4) is 5.75 Å². The Morgan fingerprint density at radius 2 is 1.71 bits per heavy atom. The van der Waals surface area contributed by atoms with E-state index in [1.165, 1.54) is 6.42 Å². The molecule has 1 aromatic carbocycles. The lowest BCUT2D eigenvalue weighted by Gasteiger charge is -1.96. The molecule has 1 rings (SSSR count). The fourth-order valence-electron chi connectivity index (χ4n) is 0.741. The molecule has 0 amide bonds. The van der Waals surface area contributed by atoms with Crippen LogP contribution >= 0.6 is 23.0 Å². The Kier molecular flexibility index (Phi) is 7.47. The second kappa shape index (κ2) is 7.79. The van der Waals surface area contributed by atoms with E-state index in [0.717, 1.165) is 5.75 Å². The number of benzene rings is 1. The Morgan fingerprint density at radius 3 is 2.00 bits per heavy atom. The number of carbonyl (C=O) groups is 1. The molecule has 0 bridgehead atoms. The minimum atomic E-state index is 0.0741. The zero-order valence-corrected chi connectivity index (χ0v) is 10.9. The van der Waals surface area contributed by atoms with Crippen molar-refractivity contribution in [1.82, 2.24) is 0 Å². The first-order valence-corrected chi connectivity index (χ1v) is 5.43. The molecule has 14 heavy (non-hydrogen) atoms. The molecule has 0 saturated carbocycles. The van der Waals surface area contributed by atoms with Crippen LogP contribution in [-0.4, -0.2) is 5.78 Å². The van der Waals surface area contributed by atoms with E-state index in [1.54, 1.807) is 54.2 Å². The molecule has 0 saturated heterocycles. The zero-order chi connectivity index (χ0) is 11.0. The summed E-state index contributed by atoms with van der Waals surface area (Å²) in [4.78, 5) is 10.8. The summed E-state index contributed by atoms with van der Waals surface area (Å²) in [6.07, 6.45) is 1.25. The van der Waals surface area contributed by atoms with Crippen LogP contribution in [0, 0.1) is 0 Å². The third-order valence-electron chi connectivity index (χ3n) is 1.35. The summed E-state index contributed by atoms with van der Waals surface area (Å²) < 4.78 is 4.91. The number of halogens is 1. The summed E-state index contributed by atoms with van der Waals surface area (Å²) in [5.74, 6) is 0.834. The predicted molar refractivity (Wildman–Crippen MR) is 67.1 cm³/mol. The Bertz CT molecular complexity index is 267. The van der Waals surface area contributed by atoms with Crippen LogP contribution in [0.5, 0.6) is 5.75 Å². The lowest BCUT2D eigenvalue weighted by Crippen LogP contribution is -1.89. The van der Waals surface area contributed by atoms with Crippen LogP contribution in [0.2, 0.25) is 0 Å². The summed E-state index contributed by atoms with van der Waals surface area (Å²) in [7, 11) is 0. The van der Waals surface area contributed by atoms with Crippen molar-refractivity contribution in [2.24, 2.45) is 0 Å². The van der Waals surface area contributed by atoms with Crippen LogP contribution in [0.15, 0.2) is 24.3 Å². The average Bonchev–Trinajstić information content (AvgIpc) is 2.19. The third kappa shape index (κ3) is 5.21. The summed E-state index contributed by atoms with van der Waals surface area (Å²) in [5, 5.41) is 0. The molecule has 3 heteroatoms. The van der Waals surface area contributed by atoms with Crippen LogP contribution < -0.4 is 3.07 Å². The molecular formula is C11H15IO2. The van der Waals surface area contributed by atoms with Gasteiger partial charge in [0.2, 0.25) is 0 Å². The van der Waals surface area contributed by atoms with E-state index >= 15 is 0 Å². The van der Waals surface area contributed by atoms with Gasteiger partial charge in [-0.3, -0.25) is 4.79 Å². The molecule has 0 heterocycles. The van der Waals surface area contributed by atoms with Crippen molar-refractivity contribution in [1.29, 1.82) is 0 Å². The van der Waals surface area contributed by atoms with Gasteiger partial charge in [0.05, 0.1) is 0 Å². The number of hydrogen-bond acceptors (Lipinski definition) is 2. The molecule has 0 spiro atoms. The van der Waals surface area contributed by atoms with Crippen molar-refractivity contribution < 1.29 is 7.86 Å². The van der Waals surface area contributed by atoms with Crippen LogP contribution in [0.25, 0.3) is 0 Å². The molecule has 0 N–H and O–H groups in total. The first-order chi connectivity index (χ1) is 6.65. The monoisotopic (exact) mass is 306 g/mol. The van der Waals surface area contributed by atoms with Crippen molar-refractivity contribution >= 4 is 28.8 Å². The maximum Gasteiger partial charge on any atom is 0.192 e. The Balaban J connectivity index is 0.000000500. The van der Waals surface area contributed by atoms with Gasteiger partial charge in [-0.05, 0) is 31.2 Å². The Hall–Kier alpha value is -0.580. The quantitative estimate of drug-likeness (QED) is 0.609. The van der Waals surface area contributed by atoms with E-state index in [0.29, 0.717) is 5.56 Å². The summed E-state index contributed by atoms with van der Waals surface area (Å²) in [6.45, 7) is 5.79. The minimum Gasteiger partial charge on any atom is -0.428 e. The van der Waals surface area contributed by atoms with Gasteiger partial charge in [0.15, 0.2) is 28.8 Å². The van der Waals surface area contributed by atoms with Gasteiger partial charge in [0, 0.05) is 5.56 Å². The molecular weight excluding hydrogens is 291 g/mol. The van der Waals surface area contributed by atoms with Crippen molar-refractivity contribution in [3.05, 3.63) is 29.8 Å². The molecule has 78 valence electrons. The lowest BCUT2D eigenvalue weighted by atomic mass is 10.1. The van der Waals surface area contributed by atoms with E-state index in [9.17, 15) is 4.79 Å². The van der Waals surface area contributed by atoms with Crippen LogP contribution in [0.1, 0.15) is 37.6 Å². The number of ketones is 1. The average molecular weight is 306 g/mol. The first kappa shape index (κ1) is 13.4. The number of rotatable bonds is 2. The van der Waals surface area contributed by atoms with Crippen LogP contribution in [-0.2, 0) is 0 Å². The zero-order valence-electron chi connectivity index (χ0n) is 8.71. The molecule has 0 aromatic heterocycles. The smallest absolute Gasteiger partial charge is 0.192 e. The fourth-order valence-corrected chi connectivity index (χ4v) is 1.03. The van der Waals surface area contributed by atoms with Gasteiger partial charge in [-0.1, -0.05) is 20.3 Å². The normalized spacial score (nSPS) is 8.57. The van der Waals surface area contributed by atoms with Gasteiger partial charge in [-0.2, -0.15) is 0 Å². The van der Waals surface area contributed by atoms with Gasteiger partial charge in [-0.25, -0.2) is 0 Å². The van der Waals surface area contributed by atoms with Crippen molar-refractivity contribution in [2.45, 2.75) is 27.2 Å². The molecule has 0 fully saturated rings. The Morgan fingerprint density at radius 1 is 1.29 bits per heavy atom. The Labute approximate surface area is 99.4 Å². The first-order valence-electron chi connectivity index (χ1n) is 4.55. The molecule has 0 aliphatic rings. The molecule has 2 nitrogen and oxygen atoms in total. The summed E-state index contributed by atoms with van der Waals surface area (Å²) in [5.41, 5.74) is 0.710. The van der Waals surface area contributed by atoms with E-state index in [4.69, 9.17) is 3.07 Å². The predicted octanol–water partition coefficient (Wildman–Crippen LogP) is 4.03. The maximum atomic E-state index is 10.8. The molecule has 0 unspecified atom stereocenters. The van der Waals surface area contributed by atoms with Gasteiger partial charge in [0.25, 0.3) is 0 Å². The fraction of sp³-hybridized carbons (Fsp3) is 0.364. The van der Waals surface area contributed by atoms with E-state index < -0.39 is 0 Å². The highest BCUT2D eigenvalue weighted by Gasteiger charge is 1.97. The SMILES string of the molecule is CC(=O)c1ccc(OI)cc1.CCC.